The van der Waals surface area contributed by atoms with E-state index in [-0.39, 0.29) is 29.5 Å². The van der Waals surface area contributed by atoms with E-state index in [1.807, 2.05) is 0 Å². The fraction of sp³-hybridized carbons (Fsp3) is 0.0833. The van der Waals surface area contributed by atoms with Crippen LogP contribution in [0.15, 0.2) is 36.5 Å². The lowest BCUT2D eigenvalue weighted by molar-refractivity contribution is 0.307. The highest BCUT2D eigenvalue weighted by atomic mass is 19.1. The molecule has 0 amide bonds. The van der Waals surface area contributed by atoms with Gasteiger partial charge in [-0.2, -0.15) is 0 Å². The summed E-state index contributed by atoms with van der Waals surface area (Å²) in [6.07, 6.45) is 1.25. The molecule has 1 aromatic heterocycles. The van der Waals surface area contributed by atoms with Crippen molar-refractivity contribution in [3.05, 3.63) is 47.9 Å². The predicted molar refractivity (Wildman–Crippen MR) is 69.2 cm³/mol. The van der Waals surface area contributed by atoms with Crippen LogP contribution in [0.5, 0.6) is 5.75 Å². The van der Waals surface area contributed by atoms with Gasteiger partial charge in [-0.1, -0.05) is 12.1 Å². The molecule has 0 aliphatic carbocycles. The molecule has 0 unspecified atom stereocenters. The van der Waals surface area contributed by atoms with Crippen molar-refractivity contribution in [2.75, 3.05) is 5.73 Å². The van der Waals surface area contributed by atoms with Crippen LogP contribution in [-0.2, 0) is 6.61 Å². The molecule has 1 heterocycles. The summed E-state index contributed by atoms with van der Waals surface area (Å²) in [7, 11) is -1.64. The lowest BCUT2D eigenvalue weighted by atomic mass is 9.81. The summed E-state index contributed by atoms with van der Waals surface area (Å²) in [4.78, 5) is 3.80. The van der Waals surface area contributed by atoms with Gasteiger partial charge in [-0.05, 0) is 23.8 Å². The number of anilines is 1. The zero-order chi connectivity index (χ0) is 13.8. The molecule has 4 N–H and O–H groups in total. The molecule has 0 saturated carbocycles. The van der Waals surface area contributed by atoms with Crippen molar-refractivity contribution < 1.29 is 19.2 Å². The minimum Gasteiger partial charge on any atom is -0.485 e. The molecule has 0 fully saturated rings. The Hall–Kier alpha value is -2.12. The number of ether oxygens (including phenoxy) is 1. The number of rotatable bonds is 4. The van der Waals surface area contributed by atoms with Gasteiger partial charge in [0.2, 0.25) is 0 Å². The fourth-order valence-electron chi connectivity index (χ4n) is 1.47. The molecule has 2 aromatic rings. The molecule has 0 atom stereocenters. The van der Waals surface area contributed by atoms with Crippen LogP contribution in [0.2, 0.25) is 0 Å². The summed E-state index contributed by atoms with van der Waals surface area (Å²) in [5, 5.41) is 18.1. The van der Waals surface area contributed by atoms with Crippen molar-refractivity contribution in [2.45, 2.75) is 6.61 Å². The summed E-state index contributed by atoms with van der Waals surface area (Å²) < 4.78 is 18.2. The van der Waals surface area contributed by atoms with E-state index in [9.17, 15) is 4.39 Å². The largest absolute Gasteiger partial charge is 0.490 e. The maximum absolute atomic E-state index is 12.7. The standard InChI is InChI=1S/C12H12BFN2O3/c14-10-3-1-8(2-4-10)7-19-11-5-9(13(17)18)6-16-12(11)15/h1-6,17-18H,7H2,(H2,15,16). The van der Waals surface area contributed by atoms with Crippen LogP contribution in [0.25, 0.3) is 0 Å². The minimum atomic E-state index is -1.64. The number of halogens is 1. The second-order valence-electron chi connectivity index (χ2n) is 3.94. The van der Waals surface area contributed by atoms with Crippen LogP contribution in [-0.4, -0.2) is 22.2 Å². The average Bonchev–Trinajstić information content (AvgIpc) is 2.39. The van der Waals surface area contributed by atoms with Crippen LogP contribution in [0.4, 0.5) is 10.2 Å². The van der Waals surface area contributed by atoms with Crippen molar-refractivity contribution in [2.24, 2.45) is 0 Å². The number of pyridine rings is 1. The Morgan fingerprint density at radius 3 is 2.58 bits per heavy atom. The smallest absolute Gasteiger partial charge is 0.485 e. The van der Waals surface area contributed by atoms with Gasteiger partial charge in [-0.25, -0.2) is 9.37 Å². The van der Waals surface area contributed by atoms with Crippen LogP contribution in [0, 0.1) is 5.82 Å². The number of hydrogen-bond donors (Lipinski definition) is 3. The Kier molecular flexibility index (Phi) is 3.98. The summed E-state index contributed by atoms with van der Waals surface area (Å²) >= 11 is 0. The van der Waals surface area contributed by atoms with Gasteiger partial charge in [-0.15, -0.1) is 0 Å². The first-order chi connectivity index (χ1) is 9.06. The number of aromatic nitrogens is 1. The Bertz CT molecular complexity index is 563. The molecule has 19 heavy (non-hydrogen) atoms. The quantitative estimate of drug-likeness (QED) is 0.678. The maximum atomic E-state index is 12.7. The van der Waals surface area contributed by atoms with Gasteiger partial charge in [0.1, 0.15) is 12.4 Å². The highest BCUT2D eigenvalue weighted by molar-refractivity contribution is 6.58. The Morgan fingerprint density at radius 2 is 1.95 bits per heavy atom. The third-order valence-electron chi connectivity index (χ3n) is 2.51. The predicted octanol–water partition coefficient (Wildman–Crippen LogP) is 0.0617. The second-order valence-corrected chi connectivity index (χ2v) is 3.94. The van der Waals surface area contributed by atoms with E-state index in [0.717, 1.165) is 5.56 Å². The molecule has 0 spiro atoms. The molecule has 0 aliphatic heterocycles. The molecule has 7 heteroatoms. The van der Waals surface area contributed by atoms with Gasteiger partial charge in [-0.3, -0.25) is 0 Å². The lowest BCUT2D eigenvalue weighted by Gasteiger charge is -2.10. The molecule has 0 radical (unpaired) electrons. The van der Waals surface area contributed by atoms with Crippen molar-refractivity contribution in [1.82, 2.24) is 4.98 Å². The number of nitrogens with zero attached hydrogens (tertiary/aromatic N) is 1. The summed E-state index contributed by atoms with van der Waals surface area (Å²) in [5.74, 6) is 0.0665. The third kappa shape index (κ3) is 3.43. The van der Waals surface area contributed by atoms with Gasteiger partial charge in [0, 0.05) is 11.7 Å². The first-order valence-corrected chi connectivity index (χ1v) is 5.55. The molecule has 1 aromatic carbocycles. The van der Waals surface area contributed by atoms with Gasteiger partial charge in [0.25, 0.3) is 0 Å². The Balaban J connectivity index is 2.10. The zero-order valence-electron chi connectivity index (χ0n) is 9.95. The van der Waals surface area contributed by atoms with Crippen LogP contribution >= 0.6 is 0 Å². The molecule has 98 valence electrons. The maximum Gasteiger partial charge on any atom is 0.490 e. The normalized spacial score (nSPS) is 10.3. The van der Waals surface area contributed by atoms with Gasteiger partial charge >= 0.3 is 7.12 Å². The average molecular weight is 262 g/mol. The van der Waals surface area contributed by atoms with E-state index >= 15 is 0 Å². The first-order valence-electron chi connectivity index (χ1n) is 5.55. The topological polar surface area (TPSA) is 88.6 Å². The van der Waals surface area contributed by atoms with Crippen LogP contribution in [0.3, 0.4) is 0 Å². The SMILES string of the molecule is Nc1ncc(B(O)O)cc1OCc1ccc(F)cc1. The Labute approximate surface area is 109 Å². The first kappa shape index (κ1) is 13.3. The third-order valence-corrected chi connectivity index (χ3v) is 2.51. The van der Waals surface area contributed by atoms with Crippen molar-refractivity contribution >= 4 is 18.4 Å². The lowest BCUT2D eigenvalue weighted by Crippen LogP contribution is -2.30. The second kappa shape index (κ2) is 5.68. The monoisotopic (exact) mass is 262 g/mol. The number of benzene rings is 1. The molecular formula is C12H12BFN2O3. The highest BCUT2D eigenvalue weighted by Gasteiger charge is 2.14. The van der Waals surface area contributed by atoms with E-state index in [1.54, 1.807) is 12.1 Å². The summed E-state index contributed by atoms with van der Waals surface area (Å²) in [6.45, 7) is 0.178. The number of nitrogens with two attached hydrogens (primary N) is 1. The Morgan fingerprint density at radius 1 is 1.26 bits per heavy atom. The minimum absolute atomic E-state index is 0.145. The molecule has 0 aliphatic rings. The van der Waals surface area contributed by atoms with Gasteiger partial charge in [0.15, 0.2) is 11.6 Å². The van der Waals surface area contributed by atoms with Crippen molar-refractivity contribution in [3.8, 4) is 5.75 Å². The van der Waals surface area contributed by atoms with Gasteiger partial charge in [0.05, 0.1) is 0 Å². The molecule has 0 saturated heterocycles. The van der Waals surface area contributed by atoms with Crippen molar-refractivity contribution in [1.29, 1.82) is 0 Å². The van der Waals surface area contributed by atoms with E-state index in [0.29, 0.717) is 0 Å². The fourth-order valence-corrected chi connectivity index (χ4v) is 1.47. The molecule has 5 nitrogen and oxygen atoms in total. The van der Waals surface area contributed by atoms with E-state index in [1.165, 1.54) is 24.4 Å². The molecule has 0 bridgehead atoms. The zero-order valence-corrected chi connectivity index (χ0v) is 9.95. The van der Waals surface area contributed by atoms with E-state index < -0.39 is 7.12 Å². The summed E-state index contributed by atoms with van der Waals surface area (Å²) in [6, 6.07) is 7.23. The van der Waals surface area contributed by atoms with Gasteiger partial charge < -0.3 is 20.5 Å². The van der Waals surface area contributed by atoms with Crippen molar-refractivity contribution in [3.63, 3.8) is 0 Å². The molecular weight excluding hydrogens is 250 g/mol. The number of nitrogen functional groups attached to an aromatic ring is 1. The van der Waals surface area contributed by atoms with E-state index in [2.05, 4.69) is 4.98 Å². The van der Waals surface area contributed by atoms with Crippen LogP contribution in [0.1, 0.15) is 5.56 Å². The summed E-state index contributed by atoms with van der Waals surface area (Å²) in [5.41, 5.74) is 6.56. The van der Waals surface area contributed by atoms with E-state index in [4.69, 9.17) is 20.5 Å². The van der Waals surface area contributed by atoms with Crippen LogP contribution < -0.4 is 15.9 Å². The highest BCUT2D eigenvalue weighted by Crippen LogP contribution is 2.18. The number of hydrogen-bond acceptors (Lipinski definition) is 5. The molecule has 2 rings (SSSR count).